The highest BCUT2D eigenvalue weighted by atomic mass is 19.1. The summed E-state index contributed by atoms with van der Waals surface area (Å²) in [7, 11) is 1.46. The maximum atomic E-state index is 17.3. The fourth-order valence-corrected chi connectivity index (χ4v) is 8.18. The van der Waals surface area contributed by atoms with Crippen LogP contribution in [0.2, 0.25) is 0 Å². The van der Waals surface area contributed by atoms with Gasteiger partial charge in [-0.25, -0.2) is 18.0 Å². The smallest absolute Gasteiger partial charge is 0.410 e. The molecule has 0 unspecified atom stereocenters. The summed E-state index contributed by atoms with van der Waals surface area (Å²) in [6.45, 7) is 6.77. The molecule has 1 aromatic heterocycles. The van der Waals surface area contributed by atoms with Crippen molar-refractivity contribution in [1.82, 2.24) is 19.8 Å². The number of alkyl halides is 1. The fourth-order valence-electron chi connectivity index (χ4n) is 8.18. The SMILES string of the molecule is C#Cc1cccc2cc(OCOC)cc(-c3c(F)cc4c(N5CCN(C(=O)OC(C)(C)C)[C@@H](CC#N)C5)nc(OC[C@@]56CCCN5C[C@H](F)C6)nc4c3F)c12. The quantitative estimate of drug-likeness (QED) is 0.131. The number of ether oxygens (including phenoxy) is 4. The van der Waals surface area contributed by atoms with Gasteiger partial charge in [-0.3, -0.25) is 4.90 Å². The Balaban J connectivity index is 1.37. The number of amides is 1. The Morgan fingerprint density at radius 2 is 1.93 bits per heavy atom. The molecule has 4 heterocycles. The van der Waals surface area contributed by atoms with Crippen LogP contribution >= 0.6 is 0 Å². The van der Waals surface area contributed by atoms with Gasteiger partial charge in [-0.1, -0.05) is 18.1 Å². The summed E-state index contributed by atoms with van der Waals surface area (Å²) in [6, 6.07) is 11.0. The van der Waals surface area contributed by atoms with Gasteiger partial charge in [0.25, 0.3) is 0 Å². The largest absolute Gasteiger partial charge is 0.468 e. The summed E-state index contributed by atoms with van der Waals surface area (Å²) >= 11 is 0. The molecule has 1 amide bonds. The Kier molecular flexibility index (Phi) is 10.4. The minimum absolute atomic E-state index is 0.0240. The average molecular weight is 757 g/mol. The number of nitriles is 1. The van der Waals surface area contributed by atoms with Crippen molar-refractivity contribution in [3.8, 4) is 41.3 Å². The van der Waals surface area contributed by atoms with Crippen LogP contribution in [0, 0.1) is 35.3 Å². The van der Waals surface area contributed by atoms with Gasteiger partial charge < -0.3 is 28.7 Å². The lowest BCUT2D eigenvalue weighted by molar-refractivity contribution is 0.0145. The molecule has 14 heteroatoms. The van der Waals surface area contributed by atoms with E-state index in [-0.39, 0.29) is 73.3 Å². The number of piperazine rings is 1. The van der Waals surface area contributed by atoms with Crippen LogP contribution in [0.3, 0.4) is 0 Å². The van der Waals surface area contributed by atoms with E-state index in [1.54, 1.807) is 49.9 Å². The van der Waals surface area contributed by atoms with Crippen molar-refractivity contribution in [3.63, 3.8) is 0 Å². The van der Waals surface area contributed by atoms with E-state index >= 15 is 8.78 Å². The molecule has 0 radical (unpaired) electrons. The van der Waals surface area contributed by atoms with Gasteiger partial charge >= 0.3 is 12.1 Å². The zero-order valence-corrected chi connectivity index (χ0v) is 31.3. The van der Waals surface area contributed by atoms with Crippen molar-refractivity contribution in [1.29, 1.82) is 5.26 Å². The van der Waals surface area contributed by atoms with E-state index in [0.29, 0.717) is 35.1 Å². The lowest BCUT2D eigenvalue weighted by Crippen LogP contribution is -2.56. The molecule has 0 spiro atoms. The first kappa shape index (κ1) is 38.0. The van der Waals surface area contributed by atoms with E-state index in [1.165, 1.54) is 24.1 Å². The van der Waals surface area contributed by atoms with Crippen molar-refractivity contribution in [3.05, 3.63) is 53.6 Å². The van der Waals surface area contributed by atoms with Crippen LogP contribution in [-0.4, -0.2) is 102 Å². The topological polar surface area (TPSA) is 113 Å². The number of carbonyl (C=O) groups excluding carboxylic acids is 1. The highest BCUT2D eigenvalue weighted by Crippen LogP contribution is 2.43. The number of rotatable bonds is 9. The number of aromatic nitrogens is 2. The van der Waals surface area contributed by atoms with Gasteiger partial charge in [0, 0.05) is 61.6 Å². The number of anilines is 1. The van der Waals surface area contributed by atoms with Gasteiger partial charge in [-0.2, -0.15) is 15.2 Å². The van der Waals surface area contributed by atoms with Crippen molar-refractivity contribution >= 4 is 33.6 Å². The standard InChI is InChI=1S/C41H43F3N6O5/c1-6-25-9-7-10-26-17-29(54-24-52-5)18-30(33(25)26)34-32(43)19-31-36(35(34)44)46-38(53-23-41-12-8-14-49(41)21-27(42)20-41)47-37(31)48-15-16-50(28(22-48)11-13-45)39(51)55-40(2,3)4/h1,7,9-10,17-19,27-28H,8,11-12,14-16,20-24H2,2-5H3/t27-,28+,41+/m1/s1. The van der Waals surface area contributed by atoms with E-state index < -0.39 is 41.1 Å². The summed E-state index contributed by atoms with van der Waals surface area (Å²) in [5, 5.41) is 10.8. The minimum atomic E-state index is -0.996. The molecule has 3 aromatic carbocycles. The number of hydrogen-bond donors (Lipinski definition) is 0. The molecule has 11 nitrogen and oxygen atoms in total. The maximum Gasteiger partial charge on any atom is 0.410 e. The normalized spacial score (nSPS) is 21.4. The molecule has 0 aliphatic carbocycles. The van der Waals surface area contributed by atoms with Crippen molar-refractivity contribution in [2.75, 3.05) is 58.1 Å². The van der Waals surface area contributed by atoms with Gasteiger partial charge in [-0.15, -0.1) is 6.42 Å². The lowest BCUT2D eigenvalue weighted by Gasteiger charge is -2.41. The lowest BCUT2D eigenvalue weighted by atomic mass is 9.93. The van der Waals surface area contributed by atoms with Crippen LogP contribution in [0.4, 0.5) is 23.8 Å². The molecule has 288 valence electrons. The Labute approximate surface area is 317 Å². The highest BCUT2D eigenvalue weighted by Gasteiger charge is 2.49. The van der Waals surface area contributed by atoms with Crippen LogP contribution in [0.1, 0.15) is 52.0 Å². The summed E-state index contributed by atoms with van der Waals surface area (Å²) < 4.78 is 71.4. The van der Waals surface area contributed by atoms with Gasteiger partial charge in [0.2, 0.25) is 0 Å². The molecule has 4 aromatic rings. The molecule has 3 aliphatic rings. The number of halogens is 3. The Morgan fingerprint density at radius 1 is 1.11 bits per heavy atom. The summed E-state index contributed by atoms with van der Waals surface area (Å²) in [6.07, 6.45) is 6.21. The number of methoxy groups -OCH3 is 1. The summed E-state index contributed by atoms with van der Waals surface area (Å²) in [5.74, 6) is 1.22. The molecule has 0 bridgehead atoms. The van der Waals surface area contributed by atoms with E-state index in [4.69, 9.17) is 30.4 Å². The Bertz CT molecular complexity index is 2220. The van der Waals surface area contributed by atoms with Crippen molar-refractivity contribution in [2.24, 2.45) is 0 Å². The second-order valence-corrected chi connectivity index (χ2v) is 15.3. The Morgan fingerprint density at radius 3 is 2.67 bits per heavy atom. The van der Waals surface area contributed by atoms with Crippen LogP contribution in [-0.2, 0) is 9.47 Å². The average Bonchev–Trinajstić information content (AvgIpc) is 3.67. The first-order chi connectivity index (χ1) is 26.3. The predicted octanol–water partition coefficient (Wildman–Crippen LogP) is 6.99. The maximum absolute atomic E-state index is 17.3. The third-order valence-electron chi connectivity index (χ3n) is 10.5. The molecule has 3 aliphatic heterocycles. The van der Waals surface area contributed by atoms with Crippen LogP contribution in [0.15, 0.2) is 36.4 Å². The first-order valence-corrected chi connectivity index (χ1v) is 18.3. The first-order valence-electron chi connectivity index (χ1n) is 18.3. The summed E-state index contributed by atoms with van der Waals surface area (Å²) in [5.41, 5.74) is -1.33. The van der Waals surface area contributed by atoms with Gasteiger partial charge in [0.15, 0.2) is 12.6 Å². The molecule has 3 fully saturated rings. The molecule has 7 rings (SSSR count). The number of terminal acetylenes is 1. The second kappa shape index (κ2) is 15.1. The number of hydrogen-bond acceptors (Lipinski definition) is 10. The van der Waals surface area contributed by atoms with Crippen LogP contribution in [0.5, 0.6) is 11.8 Å². The van der Waals surface area contributed by atoms with E-state index in [9.17, 15) is 14.4 Å². The number of fused-ring (bicyclic) bond motifs is 3. The van der Waals surface area contributed by atoms with Crippen LogP contribution < -0.4 is 14.4 Å². The van der Waals surface area contributed by atoms with Crippen molar-refractivity contribution < 1.29 is 36.9 Å². The van der Waals surface area contributed by atoms with Gasteiger partial charge in [-0.05, 0) is 69.8 Å². The Hall–Kier alpha value is -5.31. The molecule has 3 saturated heterocycles. The number of nitrogens with zero attached hydrogens (tertiary/aromatic N) is 6. The fraction of sp³-hybridized carbons (Fsp3) is 0.463. The second-order valence-electron chi connectivity index (χ2n) is 15.3. The van der Waals surface area contributed by atoms with E-state index in [1.807, 2.05) is 0 Å². The third kappa shape index (κ3) is 7.41. The van der Waals surface area contributed by atoms with Gasteiger partial charge in [0.1, 0.15) is 41.3 Å². The van der Waals surface area contributed by atoms with Gasteiger partial charge in [0.05, 0.1) is 29.6 Å². The molecule has 55 heavy (non-hydrogen) atoms. The molecule has 0 N–H and O–H groups in total. The minimum Gasteiger partial charge on any atom is -0.468 e. The van der Waals surface area contributed by atoms with E-state index in [2.05, 4.69) is 21.9 Å². The van der Waals surface area contributed by atoms with Crippen LogP contribution in [0.25, 0.3) is 32.8 Å². The third-order valence-corrected chi connectivity index (χ3v) is 10.5. The molecular formula is C41H43F3N6O5. The highest BCUT2D eigenvalue weighted by molar-refractivity contribution is 6.04. The number of benzene rings is 3. The zero-order chi connectivity index (χ0) is 39.1. The van der Waals surface area contributed by atoms with E-state index in [0.717, 1.165) is 19.4 Å². The predicted molar refractivity (Wildman–Crippen MR) is 201 cm³/mol. The molecule has 0 saturated carbocycles. The summed E-state index contributed by atoms with van der Waals surface area (Å²) in [4.78, 5) is 27.8. The zero-order valence-electron chi connectivity index (χ0n) is 31.3. The number of carbonyl (C=O) groups is 1. The monoisotopic (exact) mass is 756 g/mol. The molecule has 3 atom stereocenters. The molecular weight excluding hydrogens is 713 g/mol. The van der Waals surface area contributed by atoms with Crippen molar-refractivity contribution in [2.45, 2.75) is 69.8 Å².